The maximum Gasteiger partial charge on any atom is 0.262 e. The van der Waals surface area contributed by atoms with Crippen molar-refractivity contribution in [3.63, 3.8) is 0 Å². The summed E-state index contributed by atoms with van der Waals surface area (Å²) in [6, 6.07) is 2.16. The van der Waals surface area contributed by atoms with Crippen LogP contribution in [0, 0.1) is 11.3 Å². The first-order valence-corrected chi connectivity index (χ1v) is 7.89. The van der Waals surface area contributed by atoms with Crippen LogP contribution in [0.4, 0.5) is 0 Å². The highest BCUT2D eigenvalue weighted by atomic mass is 32.2. The second-order valence-electron chi connectivity index (χ2n) is 4.69. The van der Waals surface area contributed by atoms with Crippen molar-refractivity contribution in [3.05, 3.63) is 20.8 Å². The summed E-state index contributed by atoms with van der Waals surface area (Å²) < 4.78 is 1.58. The number of hydrogen-bond acceptors (Lipinski definition) is 5. The van der Waals surface area contributed by atoms with Gasteiger partial charge in [-0.25, -0.2) is 4.98 Å². The molecule has 4 nitrogen and oxygen atoms in total. The average Bonchev–Trinajstić information content (AvgIpc) is 2.95. The molecule has 1 aliphatic carbocycles. The maximum absolute atomic E-state index is 12.5. The Morgan fingerprint density at radius 3 is 3.05 bits per heavy atom. The summed E-state index contributed by atoms with van der Waals surface area (Å²) in [4.78, 5) is 19.2. The average molecular weight is 291 g/mol. The molecule has 98 valence electrons. The summed E-state index contributed by atoms with van der Waals surface area (Å²) in [5.41, 5.74) is 1.23. The number of thiophene rings is 1. The largest absolute Gasteiger partial charge is 0.290 e. The zero-order chi connectivity index (χ0) is 13.6. The Kier molecular flexibility index (Phi) is 3.11. The van der Waals surface area contributed by atoms with Crippen LogP contribution >= 0.6 is 23.1 Å². The minimum absolute atomic E-state index is 0.0250. The quantitative estimate of drug-likeness (QED) is 0.630. The highest BCUT2D eigenvalue weighted by molar-refractivity contribution is 8.00. The Morgan fingerprint density at radius 1 is 1.53 bits per heavy atom. The molecule has 0 fully saturated rings. The van der Waals surface area contributed by atoms with Gasteiger partial charge in [0.15, 0.2) is 5.16 Å². The van der Waals surface area contributed by atoms with Crippen molar-refractivity contribution in [2.24, 2.45) is 7.05 Å². The van der Waals surface area contributed by atoms with Crippen molar-refractivity contribution in [2.45, 2.75) is 36.6 Å². The molecule has 0 unspecified atom stereocenters. The van der Waals surface area contributed by atoms with Crippen LogP contribution in [0.1, 0.15) is 23.8 Å². The predicted octanol–water partition coefficient (Wildman–Crippen LogP) is 2.49. The second-order valence-corrected chi connectivity index (χ2v) is 7.08. The van der Waals surface area contributed by atoms with Crippen LogP contribution in [0.15, 0.2) is 9.95 Å². The highest BCUT2D eigenvalue weighted by Crippen LogP contribution is 2.35. The third-order valence-corrected chi connectivity index (χ3v) is 5.59. The molecule has 0 radical (unpaired) electrons. The smallest absolute Gasteiger partial charge is 0.262 e. The Labute approximate surface area is 119 Å². The van der Waals surface area contributed by atoms with E-state index in [1.807, 2.05) is 6.92 Å². The van der Waals surface area contributed by atoms with E-state index < -0.39 is 0 Å². The van der Waals surface area contributed by atoms with Gasteiger partial charge in [-0.15, -0.1) is 11.3 Å². The van der Waals surface area contributed by atoms with Gasteiger partial charge >= 0.3 is 0 Å². The summed E-state index contributed by atoms with van der Waals surface area (Å²) in [5.74, 6) is 0. The van der Waals surface area contributed by atoms with Crippen molar-refractivity contribution >= 4 is 33.3 Å². The van der Waals surface area contributed by atoms with Crippen molar-refractivity contribution in [1.29, 1.82) is 5.26 Å². The number of fused-ring (bicyclic) bond motifs is 3. The van der Waals surface area contributed by atoms with Gasteiger partial charge in [-0.05, 0) is 31.7 Å². The van der Waals surface area contributed by atoms with Crippen LogP contribution in [0.5, 0.6) is 0 Å². The molecule has 0 N–H and O–H groups in total. The lowest BCUT2D eigenvalue weighted by atomic mass is 10.2. The van der Waals surface area contributed by atoms with E-state index in [-0.39, 0.29) is 10.8 Å². The van der Waals surface area contributed by atoms with Crippen LogP contribution in [-0.2, 0) is 19.9 Å². The zero-order valence-corrected chi connectivity index (χ0v) is 12.4. The van der Waals surface area contributed by atoms with Crippen molar-refractivity contribution in [3.8, 4) is 6.07 Å². The molecule has 3 rings (SSSR count). The minimum atomic E-state index is -0.206. The summed E-state index contributed by atoms with van der Waals surface area (Å²) >= 11 is 2.97. The van der Waals surface area contributed by atoms with Crippen LogP contribution in [0.3, 0.4) is 0 Å². The molecule has 2 aromatic heterocycles. The number of rotatable bonds is 2. The molecule has 0 bridgehead atoms. The van der Waals surface area contributed by atoms with E-state index in [0.717, 1.165) is 29.5 Å². The fourth-order valence-corrected chi connectivity index (χ4v) is 4.46. The third kappa shape index (κ3) is 1.97. The number of hydrogen-bond donors (Lipinski definition) is 0. The van der Waals surface area contributed by atoms with E-state index in [1.54, 1.807) is 23.0 Å². The van der Waals surface area contributed by atoms with Gasteiger partial charge in [-0.2, -0.15) is 5.26 Å². The Morgan fingerprint density at radius 2 is 2.32 bits per heavy atom. The normalized spacial score (nSPS) is 15.4. The molecular weight excluding hydrogens is 278 g/mol. The van der Waals surface area contributed by atoms with Gasteiger partial charge in [0.1, 0.15) is 4.83 Å². The molecule has 0 amide bonds. The lowest BCUT2D eigenvalue weighted by Gasteiger charge is -2.08. The lowest BCUT2D eigenvalue weighted by molar-refractivity contribution is 0.726. The van der Waals surface area contributed by atoms with Crippen LogP contribution in [0.2, 0.25) is 0 Å². The van der Waals surface area contributed by atoms with Gasteiger partial charge in [-0.3, -0.25) is 9.36 Å². The third-order valence-electron chi connectivity index (χ3n) is 3.37. The number of nitrogens with zero attached hydrogens (tertiary/aromatic N) is 3. The Bertz CT molecular complexity index is 754. The molecule has 0 aromatic carbocycles. The Hall–Kier alpha value is -1.32. The Balaban J connectivity index is 2.21. The number of thioether (sulfide) groups is 1. The van der Waals surface area contributed by atoms with Crippen molar-refractivity contribution in [1.82, 2.24) is 9.55 Å². The highest BCUT2D eigenvalue weighted by Gasteiger charge is 2.22. The van der Waals surface area contributed by atoms with Gasteiger partial charge in [0.2, 0.25) is 0 Å². The first kappa shape index (κ1) is 12.7. The first-order valence-electron chi connectivity index (χ1n) is 6.19. The molecule has 2 aromatic rings. The molecule has 1 aliphatic rings. The van der Waals surface area contributed by atoms with Gasteiger partial charge in [0, 0.05) is 11.9 Å². The molecule has 0 spiro atoms. The van der Waals surface area contributed by atoms with Crippen LogP contribution < -0.4 is 5.56 Å². The minimum Gasteiger partial charge on any atom is -0.290 e. The van der Waals surface area contributed by atoms with Crippen LogP contribution in [-0.4, -0.2) is 14.8 Å². The zero-order valence-electron chi connectivity index (χ0n) is 10.8. The summed E-state index contributed by atoms with van der Waals surface area (Å²) in [6.45, 7) is 1.81. The topological polar surface area (TPSA) is 58.7 Å². The monoisotopic (exact) mass is 291 g/mol. The molecule has 6 heteroatoms. The molecule has 0 saturated carbocycles. The fourth-order valence-electron chi connectivity index (χ4n) is 2.40. The molecular formula is C13H13N3OS2. The lowest BCUT2D eigenvalue weighted by Crippen LogP contribution is -2.20. The van der Waals surface area contributed by atoms with E-state index in [0.29, 0.717) is 5.16 Å². The predicted molar refractivity (Wildman–Crippen MR) is 77.8 cm³/mol. The fraction of sp³-hybridized carbons (Fsp3) is 0.462. The van der Waals surface area contributed by atoms with Gasteiger partial charge in [0.05, 0.1) is 16.7 Å². The molecule has 1 atom stereocenters. The number of nitriles is 1. The van der Waals surface area contributed by atoms with E-state index in [4.69, 9.17) is 5.26 Å². The van der Waals surface area contributed by atoms with E-state index >= 15 is 0 Å². The molecule has 0 aliphatic heterocycles. The second kappa shape index (κ2) is 4.66. The van der Waals surface area contributed by atoms with Crippen LogP contribution in [0.25, 0.3) is 10.2 Å². The van der Waals surface area contributed by atoms with E-state index in [9.17, 15) is 4.79 Å². The molecule has 19 heavy (non-hydrogen) atoms. The first-order chi connectivity index (χ1) is 9.11. The standard InChI is InChI=1S/C13H13N3OS2/c1-7(6-14)18-13-15-11-10(12(17)16(13)2)8-4-3-5-9(8)19-11/h7H,3-5H2,1-2H3/t7-/m1/s1. The van der Waals surface area contributed by atoms with Crippen molar-refractivity contribution < 1.29 is 0 Å². The van der Waals surface area contributed by atoms with E-state index in [1.165, 1.54) is 22.2 Å². The van der Waals surface area contributed by atoms with Gasteiger partial charge in [0.25, 0.3) is 5.56 Å². The maximum atomic E-state index is 12.5. The van der Waals surface area contributed by atoms with Gasteiger partial charge in [-0.1, -0.05) is 11.8 Å². The summed E-state index contributed by atoms with van der Waals surface area (Å²) in [7, 11) is 1.74. The molecule has 0 saturated heterocycles. The van der Waals surface area contributed by atoms with E-state index in [2.05, 4.69) is 11.1 Å². The SMILES string of the molecule is C[C@H](C#N)Sc1nc2sc3c(c2c(=O)n1C)CCC3. The summed E-state index contributed by atoms with van der Waals surface area (Å²) in [6.07, 6.45) is 3.20. The van der Waals surface area contributed by atoms with Gasteiger partial charge < -0.3 is 0 Å². The summed E-state index contributed by atoms with van der Waals surface area (Å²) in [5, 5.41) is 10.1. The number of aromatic nitrogens is 2. The molecule has 2 heterocycles. The number of aryl methyl sites for hydroxylation is 2. The van der Waals surface area contributed by atoms with Crippen molar-refractivity contribution in [2.75, 3.05) is 0 Å².